The van der Waals surface area contributed by atoms with Crippen LogP contribution >= 0.6 is 11.6 Å². The Hall–Kier alpha value is -1.60. The Balaban J connectivity index is 1.92. The topological polar surface area (TPSA) is 83.6 Å². The molecule has 0 saturated carbocycles. The van der Waals surface area contributed by atoms with Crippen LogP contribution in [0.1, 0.15) is 23.7 Å². The van der Waals surface area contributed by atoms with E-state index in [-0.39, 0.29) is 42.5 Å². The number of benzene rings is 1. The summed E-state index contributed by atoms with van der Waals surface area (Å²) in [5.74, 6) is -0.421. The van der Waals surface area contributed by atoms with E-state index in [1.807, 2.05) is 0 Å². The van der Waals surface area contributed by atoms with Crippen LogP contribution in [-0.4, -0.2) is 55.8 Å². The van der Waals surface area contributed by atoms with E-state index >= 15 is 0 Å². The monoisotopic (exact) mass is 358 g/mol. The minimum atomic E-state index is -3.06. The highest BCUT2D eigenvalue weighted by molar-refractivity contribution is 7.91. The highest BCUT2D eigenvalue weighted by Gasteiger charge is 2.33. The summed E-state index contributed by atoms with van der Waals surface area (Å²) in [7, 11) is -3.06. The molecule has 0 bridgehead atoms. The van der Waals surface area contributed by atoms with Gasteiger partial charge in [0.05, 0.1) is 22.1 Å². The van der Waals surface area contributed by atoms with Crippen molar-refractivity contribution in [1.82, 2.24) is 10.2 Å². The molecular weight excluding hydrogens is 340 g/mol. The van der Waals surface area contributed by atoms with Crippen molar-refractivity contribution in [2.45, 2.75) is 19.4 Å². The predicted molar refractivity (Wildman–Crippen MR) is 88.2 cm³/mol. The van der Waals surface area contributed by atoms with E-state index < -0.39 is 9.84 Å². The first kappa shape index (κ1) is 17.7. The van der Waals surface area contributed by atoms with Crippen LogP contribution < -0.4 is 5.32 Å². The van der Waals surface area contributed by atoms with Gasteiger partial charge in [-0.3, -0.25) is 9.59 Å². The van der Waals surface area contributed by atoms with Gasteiger partial charge in [0, 0.05) is 26.1 Å². The fraction of sp³-hybridized carbons (Fsp3) is 0.467. The summed E-state index contributed by atoms with van der Waals surface area (Å²) in [6.45, 7) is 1.91. The van der Waals surface area contributed by atoms with Crippen LogP contribution in [0.5, 0.6) is 0 Å². The maximum absolute atomic E-state index is 12.0. The van der Waals surface area contributed by atoms with E-state index in [9.17, 15) is 18.0 Å². The van der Waals surface area contributed by atoms with Crippen LogP contribution in [0.3, 0.4) is 0 Å². The number of amides is 2. The normalized spacial score (nSPS) is 19.3. The van der Waals surface area contributed by atoms with Crippen LogP contribution in [0.4, 0.5) is 0 Å². The Labute approximate surface area is 140 Å². The van der Waals surface area contributed by atoms with Crippen molar-refractivity contribution in [1.29, 1.82) is 0 Å². The van der Waals surface area contributed by atoms with Crippen LogP contribution in [0, 0.1) is 0 Å². The van der Waals surface area contributed by atoms with Crippen molar-refractivity contribution in [3.8, 4) is 0 Å². The molecule has 1 saturated heterocycles. The molecule has 1 N–H and O–H groups in total. The van der Waals surface area contributed by atoms with Gasteiger partial charge in [0.1, 0.15) is 0 Å². The van der Waals surface area contributed by atoms with Crippen molar-refractivity contribution in [2.24, 2.45) is 0 Å². The van der Waals surface area contributed by atoms with Gasteiger partial charge < -0.3 is 10.2 Å². The summed E-state index contributed by atoms with van der Waals surface area (Å²) >= 11 is 5.95. The van der Waals surface area contributed by atoms with Crippen molar-refractivity contribution in [2.75, 3.05) is 24.6 Å². The molecular formula is C15H19ClN2O4S. The second-order valence-electron chi connectivity index (χ2n) is 5.51. The van der Waals surface area contributed by atoms with Crippen molar-refractivity contribution in [3.63, 3.8) is 0 Å². The zero-order valence-corrected chi connectivity index (χ0v) is 14.4. The number of halogens is 1. The SMILES string of the molecule is CC(=O)N(CCNC(=O)c1ccccc1Cl)C1CCS(=O)(=O)C1. The lowest BCUT2D eigenvalue weighted by molar-refractivity contribution is -0.130. The van der Waals surface area contributed by atoms with Crippen molar-refractivity contribution in [3.05, 3.63) is 34.9 Å². The molecule has 1 fully saturated rings. The third-order valence-corrected chi connectivity index (χ3v) is 5.89. The van der Waals surface area contributed by atoms with E-state index in [1.165, 1.54) is 11.8 Å². The summed E-state index contributed by atoms with van der Waals surface area (Å²) in [5, 5.41) is 3.06. The molecule has 1 atom stereocenters. The van der Waals surface area contributed by atoms with E-state index in [2.05, 4.69) is 5.32 Å². The molecule has 6 nitrogen and oxygen atoms in total. The minimum absolute atomic E-state index is 0.00889. The molecule has 1 aromatic rings. The van der Waals surface area contributed by atoms with E-state index in [0.717, 1.165) is 0 Å². The first-order valence-corrected chi connectivity index (χ1v) is 9.50. The van der Waals surface area contributed by atoms with E-state index in [4.69, 9.17) is 11.6 Å². The van der Waals surface area contributed by atoms with Gasteiger partial charge in [-0.15, -0.1) is 0 Å². The predicted octanol–water partition coefficient (Wildman–Crippen LogP) is 1.11. The minimum Gasteiger partial charge on any atom is -0.350 e. The van der Waals surface area contributed by atoms with Crippen LogP contribution in [-0.2, 0) is 14.6 Å². The first-order chi connectivity index (χ1) is 10.8. The molecule has 8 heteroatoms. The quantitative estimate of drug-likeness (QED) is 0.854. The molecule has 2 amide bonds. The molecule has 0 spiro atoms. The molecule has 1 heterocycles. The van der Waals surface area contributed by atoms with Crippen LogP contribution in [0.25, 0.3) is 0 Å². The number of sulfone groups is 1. The Kier molecular flexibility index (Phi) is 5.64. The van der Waals surface area contributed by atoms with Crippen molar-refractivity contribution >= 4 is 33.3 Å². The number of rotatable bonds is 5. The van der Waals surface area contributed by atoms with Crippen molar-refractivity contribution < 1.29 is 18.0 Å². The third-order valence-electron chi connectivity index (χ3n) is 3.81. The van der Waals surface area contributed by atoms with Gasteiger partial charge in [0.25, 0.3) is 5.91 Å². The molecule has 1 unspecified atom stereocenters. The van der Waals surface area contributed by atoms with Gasteiger partial charge in [0.2, 0.25) is 5.91 Å². The number of carbonyl (C=O) groups excluding carboxylic acids is 2. The number of hydrogen-bond acceptors (Lipinski definition) is 4. The zero-order valence-electron chi connectivity index (χ0n) is 12.8. The fourth-order valence-electron chi connectivity index (χ4n) is 2.65. The first-order valence-electron chi connectivity index (χ1n) is 7.30. The van der Waals surface area contributed by atoms with Gasteiger partial charge in [-0.1, -0.05) is 23.7 Å². The Bertz CT molecular complexity index is 705. The summed E-state index contributed by atoms with van der Waals surface area (Å²) in [6.07, 6.45) is 0.445. The van der Waals surface area contributed by atoms with Gasteiger partial charge >= 0.3 is 0 Å². The molecule has 1 aromatic carbocycles. The number of carbonyl (C=O) groups is 2. The average Bonchev–Trinajstić information content (AvgIpc) is 2.83. The second-order valence-corrected chi connectivity index (χ2v) is 8.14. The average molecular weight is 359 g/mol. The Morgan fingerprint density at radius 1 is 1.35 bits per heavy atom. The molecule has 1 aliphatic rings. The molecule has 0 radical (unpaired) electrons. The molecule has 1 aliphatic heterocycles. The van der Waals surface area contributed by atoms with Gasteiger partial charge in [0.15, 0.2) is 9.84 Å². The van der Waals surface area contributed by atoms with Gasteiger partial charge in [-0.05, 0) is 18.6 Å². The Morgan fingerprint density at radius 3 is 2.61 bits per heavy atom. The lowest BCUT2D eigenvalue weighted by Gasteiger charge is -2.27. The van der Waals surface area contributed by atoms with Crippen LogP contribution in [0.2, 0.25) is 5.02 Å². The summed E-state index contributed by atoms with van der Waals surface area (Å²) in [6, 6.07) is 6.38. The largest absolute Gasteiger partial charge is 0.350 e. The van der Waals surface area contributed by atoms with E-state index in [1.54, 1.807) is 24.3 Å². The highest BCUT2D eigenvalue weighted by atomic mass is 35.5. The molecule has 23 heavy (non-hydrogen) atoms. The van der Waals surface area contributed by atoms with Gasteiger partial charge in [-0.2, -0.15) is 0 Å². The number of hydrogen-bond donors (Lipinski definition) is 1. The molecule has 0 aromatic heterocycles. The maximum atomic E-state index is 12.0. The summed E-state index contributed by atoms with van der Waals surface area (Å²) < 4.78 is 23.1. The number of nitrogens with zero attached hydrogens (tertiary/aromatic N) is 1. The summed E-state index contributed by atoms with van der Waals surface area (Å²) in [5.41, 5.74) is 0.368. The molecule has 126 valence electrons. The molecule has 2 rings (SSSR count). The standard InChI is InChI=1S/C15H19ClN2O4S/c1-11(19)18(12-6-9-23(21,22)10-12)8-7-17-15(20)13-4-2-3-5-14(13)16/h2-5,12H,6-10H2,1H3,(H,17,20). The summed E-state index contributed by atoms with van der Waals surface area (Å²) in [4.78, 5) is 25.3. The zero-order chi connectivity index (χ0) is 17.0. The van der Waals surface area contributed by atoms with E-state index in [0.29, 0.717) is 17.0 Å². The Morgan fingerprint density at radius 2 is 2.04 bits per heavy atom. The smallest absolute Gasteiger partial charge is 0.252 e. The fourth-order valence-corrected chi connectivity index (χ4v) is 4.60. The number of nitrogens with one attached hydrogen (secondary N) is 1. The third kappa shape index (κ3) is 4.68. The van der Waals surface area contributed by atoms with Crippen LogP contribution in [0.15, 0.2) is 24.3 Å². The molecule has 0 aliphatic carbocycles. The van der Waals surface area contributed by atoms with Gasteiger partial charge in [-0.25, -0.2) is 8.42 Å². The lowest BCUT2D eigenvalue weighted by Crippen LogP contribution is -2.44. The highest BCUT2D eigenvalue weighted by Crippen LogP contribution is 2.18. The maximum Gasteiger partial charge on any atom is 0.252 e. The lowest BCUT2D eigenvalue weighted by atomic mass is 10.2. The second kappa shape index (κ2) is 7.31.